The number of hydrogen-bond donors (Lipinski definition) is 1. The van der Waals surface area contributed by atoms with Gasteiger partial charge in [0.1, 0.15) is 5.52 Å². The molecule has 3 aromatic heterocycles. The number of nitrogens with zero attached hydrogens (tertiary/aromatic N) is 5. The van der Waals surface area contributed by atoms with Crippen molar-refractivity contribution in [3.8, 4) is 0 Å². The van der Waals surface area contributed by atoms with E-state index in [1.54, 1.807) is 6.20 Å². The minimum Gasteiger partial charge on any atom is -0.366 e. The lowest BCUT2D eigenvalue weighted by Crippen LogP contribution is -2.12. The number of aryl methyl sites for hydroxylation is 2. The SMILES string of the molecule is Cc1cnn(CCNc2nccn3nc(C)cc23)c1. The van der Waals surface area contributed by atoms with E-state index in [1.807, 2.05) is 47.7 Å². The van der Waals surface area contributed by atoms with Gasteiger partial charge >= 0.3 is 0 Å². The molecular formula is C13H16N6. The molecule has 0 bridgehead atoms. The lowest BCUT2D eigenvalue weighted by molar-refractivity contribution is 0.637. The lowest BCUT2D eigenvalue weighted by atomic mass is 10.4. The normalized spacial score (nSPS) is 11.1. The van der Waals surface area contributed by atoms with Crippen LogP contribution in [0.15, 0.2) is 30.9 Å². The fourth-order valence-electron chi connectivity index (χ4n) is 2.06. The first kappa shape index (κ1) is 11.7. The molecule has 6 nitrogen and oxygen atoms in total. The van der Waals surface area contributed by atoms with Gasteiger partial charge in [-0.3, -0.25) is 4.68 Å². The molecule has 0 aliphatic rings. The summed E-state index contributed by atoms with van der Waals surface area (Å²) < 4.78 is 3.76. The Bertz CT molecular complexity index is 696. The summed E-state index contributed by atoms with van der Waals surface area (Å²) in [6, 6.07) is 2.02. The van der Waals surface area contributed by atoms with Crippen molar-refractivity contribution in [1.29, 1.82) is 0 Å². The second kappa shape index (κ2) is 4.72. The zero-order valence-corrected chi connectivity index (χ0v) is 11.0. The van der Waals surface area contributed by atoms with E-state index in [4.69, 9.17) is 0 Å². The largest absolute Gasteiger partial charge is 0.366 e. The third-order valence-corrected chi connectivity index (χ3v) is 2.91. The molecule has 0 saturated heterocycles. The number of hydrogen-bond acceptors (Lipinski definition) is 4. The molecule has 0 atom stereocenters. The Balaban J connectivity index is 1.71. The molecule has 0 amide bonds. The van der Waals surface area contributed by atoms with Gasteiger partial charge in [-0.1, -0.05) is 0 Å². The fourth-order valence-corrected chi connectivity index (χ4v) is 2.06. The number of nitrogens with one attached hydrogen (secondary N) is 1. The predicted molar refractivity (Wildman–Crippen MR) is 73.2 cm³/mol. The van der Waals surface area contributed by atoms with Gasteiger partial charge in [-0.2, -0.15) is 10.2 Å². The molecule has 6 heteroatoms. The number of anilines is 1. The summed E-state index contributed by atoms with van der Waals surface area (Å²) in [6.07, 6.45) is 7.49. The average Bonchev–Trinajstić information content (AvgIpc) is 2.95. The van der Waals surface area contributed by atoms with Crippen LogP contribution in [0.1, 0.15) is 11.3 Å². The molecule has 0 aromatic carbocycles. The fraction of sp³-hybridized carbons (Fsp3) is 0.308. The van der Waals surface area contributed by atoms with E-state index in [9.17, 15) is 0 Å². The highest BCUT2D eigenvalue weighted by Crippen LogP contribution is 2.14. The zero-order valence-electron chi connectivity index (χ0n) is 11.0. The van der Waals surface area contributed by atoms with Crippen molar-refractivity contribution >= 4 is 11.3 Å². The van der Waals surface area contributed by atoms with Crippen molar-refractivity contribution in [2.45, 2.75) is 20.4 Å². The Kier molecular flexibility index (Phi) is 2.91. The Labute approximate surface area is 111 Å². The summed E-state index contributed by atoms with van der Waals surface area (Å²) in [5.41, 5.74) is 3.15. The lowest BCUT2D eigenvalue weighted by Gasteiger charge is -2.06. The Morgan fingerprint density at radius 1 is 1.32 bits per heavy atom. The van der Waals surface area contributed by atoms with E-state index in [0.717, 1.165) is 30.1 Å². The van der Waals surface area contributed by atoms with Gasteiger partial charge in [0, 0.05) is 25.1 Å². The van der Waals surface area contributed by atoms with E-state index >= 15 is 0 Å². The minimum absolute atomic E-state index is 0.776. The third kappa shape index (κ3) is 2.42. The van der Waals surface area contributed by atoms with Gasteiger partial charge in [-0.25, -0.2) is 9.50 Å². The van der Waals surface area contributed by atoms with Gasteiger partial charge in [0.05, 0.1) is 18.4 Å². The summed E-state index contributed by atoms with van der Waals surface area (Å²) in [7, 11) is 0. The maximum absolute atomic E-state index is 4.36. The monoisotopic (exact) mass is 256 g/mol. The molecular weight excluding hydrogens is 240 g/mol. The van der Waals surface area contributed by atoms with Crippen molar-refractivity contribution < 1.29 is 0 Å². The molecule has 19 heavy (non-hydrogen) atoms. The zero-order chi connectivity index (χ0) is 13.2. The molecule has 3 aromatic rings. The van der Waals surface area contributed by atoms with Crippen LogP contribution in [0.3, 0.4) is 0 Å². The summed E-state index contributed by atoms with van der Waals surface area (Å²) in [5.74, 6) is 0.854. The number of fused-ring (bicyclic) bond motifs is 1. The molecule has 0 unspecified atom stereocenters. The smallest absolute Gasteiger partial charge is 0.152 e. The van der Waals surface area contributed by atoms with Gasteiger partial charge in [0.15, 0.2) is 5.82 Å². The van der Waals surface area contributed by atoms with Crippen molar-refractivity contribution in [2.24, 2.45) is 0 Å². The number of aromatic nitrogens is 5. The standard InChI is InChI=1S/C13H16N6/c1-10-8-16-18(9-10)5-3-14-13-12-7-11(2)17-19(12)6-4-15-13/h4,6-9H,3,5H2,1-2H3,(H,14,15). The van der Waals surface area contributed by atoms with Crippen LogP contribution in [-0.4, -0.2) is 30.9 Å². The molecule has 3 rings (SSSR count). The summed E-state index contributed by atoms with van der Waals surface area (Å²) in [6.45, 7) is 5.60. The van der Waals surface area contributed by atoms with Crippen molar-refractivity contribution in [2.75, 3.05) is 11.9 Å². The van der Waals surface area contributed by atoms with E-state index in [1.165, 1.54) is 5.56 Å². The van der Waals surface area contributed by atoms with Crippen molar-refractivity contribution in [3.63, 3.8) is 0 Å². The summed E-state index contributed by atoms with van der Waals surface area (Å²) in [5, 5.41) is 11.9. The maximum atomic E-state index is 4.36. The van der Waals surface area contributed by atoms with Gasteiger partial charge in [-0.15, -0.1) is 0 Å². The van der Waals surface area contributed by atoms with Crippen LogP contribution >= 0.6 is 0 Å². The Morgan fingerprint density at radius 3 is 3.00 bits per heavy atom. The molecule has 98 valence electrons. The molecule has 1 N–H and O–H groups in total. The van der Waals surface area contributed by atoms with E-state index in [0.29, 0.717) is 0 Å². The quantitative estimate of drug-likeness (QED) is 0.771. The first-order valence-corrected chi connectivity index (χ1v) is 6.26. The van der Waals surface area contributed by atoms with E-state index in [2.05, 4.69) is 20.5 Å². The van der Waals surface area contributed by atoms with Gasteiger partial charge in [0.2, 0.25) is 0 Å². The van der Waals surface area contributed by atoms with Crippen LogP contribution in [0.2, 0.25) is 0 Å². The Hall–Kier alpha value is -2.37. The first-order valence-electron chi connectivity index (χ1n) is 6.26. The van der Waals surface area contributed by atoms with Crippen molar-refractivity contribution in [1.82, 2.24) is 24.4 Å². The number of rotatable bonds is 4. The van der Waals surface area contributed by atoms with Gasteiger partial charge in [0.25, 0.3) is 0 Å². The van der Waals surface area contributed by atoms with Gasteiger partial charge in [-0.05, 0) is 25.5 Å². The molecule has 0 aliphatic carbocycles. The van der Waals surface area contributed by atoms with E-state index in [-0.39, 0.29) is 0 Å². The highest BCUT2D eigenvalue weighted by Gasteiger charge is 2.04. The molecule has 3 heterocycles. The minimum atomic E-state index is 0.776. The topological polar surface area (TPSA) is 60.0 Å². The molecule has 0 aliphatic heterocycles. The summed E-state index contributed by atoms with van der Waals surface area (Å²) in [4.78, 5) is 4.35. The van der Waals surface area contributed by atoms with Crippen LogP contribution in [0.4, 0.5) is 5.82 Å². The first-order chi connectivity index (χ1) is 9.22. The Morgan fingerprint density at radius 2 is 2.21 bits per heavy atom. The highest BCUT2D eigenvalue weighted by molar-refractivity contribution is 5.67. The van der Waals surface area contributed by atoms with Crippen LogP contribution in [0, 0.1) is 13.8 Å². The second-order valence-corrected chi connectivity index (χ2v) is 4.60. The second-order valence-electron chi connectivity index (χ2n) is 4.60. The van der Waals surface area contributed by atoms with Crippen molar-refractivity contribution in [3.05, 3.63) is 42.1 Å². The highest BCUT2D eigenvalue weighted by atomic mass is 15.3. The predicted octanol–water partition coefficient (Wildman–Crippen LogP) is 1.65. The van der Waals surface area contributed by atoms with Gasteiger partial charge < -0.3 is 5.32 Å². The van der Waals surface area contributed by atoms with Crippen LogP contribution in [-0.2, 0) is 6.54 Å². The maximum Gasteiger partial charge on any atom is 0.152 e. The molecule has 0 fully saturated rings. The van der Waals surface area contributed by atoms with E-state index < -0.39 is 0 Å². The average molecular weight is 256 g/mol. The summed E-state index contributed by atoms with van der Waals surface area (Å²) >= 11 is 0. The molecule has 0 radical (unpaired) electrons. The van der Waals surface area contributed by atoms with Crippen LogP contribution in [0.25, 0.3) is 5.52 Å². The van der Waals surface area contributed by atoms with Crippen LogP contribution in [0.5, 0.6) is 0 Å². The van der Waals surface area contributed by atoms with Crippen LogP contribution < -0.4 is 5.32 Å². The molecule has 0 spiro atoms. The molecule has 0 saturated carbocycles. The third-order valence-electron chi connectivity index (χ3n) is 2.91.